The average molecular weight is 627 g/mol. The van der Waals surface area contributed by atoms with E-state index < -0.39 is 5.92 Å². The Morgan fingerprint density at radius 2 is 1.41 bits per heavy atom. The number of ether oxygens (including phenoxy) is 1. The van der Waals surface area contributed by atoms with Gasteiger partial charge in [0.25, 0.3) is 0 Å². The summed E-state index contributed by atoms with van der Waals surface area (Å²) in [6, 6.07) is 14.0. The van der Waals surface area contributed by atoms with Crippen molar-refractivity contribution in [1.82, 2.24) is 4.90 Å². The van der Waals surface area contributed by atoms with Crippen LogP contribution in [-0.4, -0.2) is 23.5 Å². The van der Waals surface area contributed by atoms with Gasteiger partial charge in [-0.3, -0.25) is 9.59 Å². The minimum absolute atomic E-state index is 0.123. The first-order chi connectivity index (χ1) is 17.4. The topological polar surface area (TPSA) is 46.6 Å². The molecule has 0 bridgehead atoms. The van der Waals surface area contributed by atoms with Crippen molar-refractivity contribution < 1.29 is 14.3 Å². The molecular formula is C31H33Br2NO3. The molecule has 2 aliphatic carbocycles. The molecule has 0 spiro atoms. The third-order valence-electron chi connectivity index (χ3n) is 7.75. The van der Waals surface area contributed by atoms with Crippen molar-refractivity contribution in [2.75, 3.05) is 7.05 Å². The van der Waals surface area contributed by atoms with E-state index in [1.54, 1.807) is 0 Å². The maximum Gasteiger partial charge on any atom is 0.162 e. The van der Waals surface area contributed by atoms with Crippen LogP contribution in [0.1, 0.15) is 70.4 Å². The van der Waals surface area contributed by atoms with Crippen LogP contribution < -0.4 is 4.74 Å². The summed E-state index contributed by atoms with van der Waals surface area (Å²) in [6.45, 7) is 9.01. The van der Waals surface area contributed by atoms with E-state index in [-0.39, 0.29) is 22.4 Å². The zero-order valence-corrected chi connectivity index (χ0v) is 25.3. The number of nitrogens with zero attached hydrogens (tertiary/aromatic N) is 1. The summed E-state index contributed by atoms with van der Waals surface area (Å²) in [5.41, 5.74) is 5.23. The van der Waals surface area contributed by atoms with Crippen LogP contribution in [0, 0.1) is 10.8 Å². The van der Waals surface area contributed by atoms with Crippen LogP contribution in [0.25, 0.3) is 0 Å². The minimum atomic E-state index is -0.451. The molecule has 6 heteroatoms. The predicted molar refractivity (Wildman–Crippen MR) is 153 cm³/mol. The molecule has 194 valence electrons. The maximum absolute atomic E-state index is 13.9. The normalized spacial score (nSPS) is 21.2. The lowest BCUT2D eigenvalue weighted by molar-refractivity contribution is -0.119. The Kier molecular flexibility index (Phi) is 6.81. The molecule has 1 aliphatic heterocycles. The standard InChI is InChI=1S/C31H33Br2NO3/c1-30(2)13-22-27(24(35)15-30)26(28-23(34(22)5)14-31(3,4)16-25(28)36)20-11-19(32)12-21(33)29(20)37-17-18-9-7-6-8-10-18/h6-12,26H,13-17H2,1-5H3. The zero-order valence-electron chi connectivity index (χ0n) is 22.1. The zero-order chi connectivity index (χ0) is 26.7. The SMILES string of the molecule is CN1C2=C(C(=O)CC(C)(C)C2)C(c2cc(Br)cc(Br)c2OCc2ccccc2)C2=C1CC(C)(C)CC2=O. The van der Waals surface area contributed by atoms with Crippen molar-refractivity contribution in [1.29, 1.82) is 0 Å². The molecule has 0 fully saturated rings. The van der Waals surface area contributed by atoms with E-state index in [0.29, 0.717) is 25.2 Å². The number of allylic oxidation sites excluding steroid dienone is 4. The van der Waals surface area contributed by atoms with E-state index in [9.17, 15) is 9.59 Å². The first kappa shape index (κ1) is 26.4. The van der Waals surface area contributed by atoms with Gasteiger partial charge in [0.15, 0.2) is 11.6 Å². The van der Waals surface area contributed by atoms with Gasteiger partial charge in [0, 0.05) is 58.4 Å². The molecule has 0 N–H and O–H groups in total. The number of benzene rings is 2. The van der Waals surface area contributed by atoms with Crippen molar-refractivity contribution in [2.24, 2.45) is 10.8 Å². The molecule has 0 saturated heterocycles. The monoisotopic (exact) mass is 625 g/mol. The molecule has 3 aliphatic rings. The Hall–Kier alpha value is -2.18. The fourth-order valence-electron chi connectivity index (χ4n) is 6.15. The summed E-state index contributed by atoms with van der Waals surface area (Å²) in [7, 11) is 2.04. The molecule has 0 unspecified atom stereocenters. The van der Waals surface area contributed by atoms with Gasteiger partial charge >= 0.3 is 0 Å². The highest BCUT2D eigenvalue weighted by Crippen LogP contribution is 2.56. The number of carbonyl (C=O) groups is 2. The fourth-order valence-corrected chi connectivity index (χ4v) is 7.53. The smallest absolute Gasteiger partial charge is 0.162 e. The molecule has 0 amide bonds. The van der Waals surface area contributed by atoms with Crippen molar-refractivity contribution in [3.63, 3.8) is 0 Å². The molecule has 0 radical (unpaired) electrons. The summed E-state index contributed by atoms with van der Waals surface area (Å²) in [6.07, 6.45) is 2.52. The van der Waals surface area contributed by atoms with E-state index in [4.69, 9.17) is 4.74 Å². The van der Waals surface area contributed by atoms with Crippen molar-refractivity contribution in [3.05, 3.63) is 85.1 Å². The van der Waals surface area contributed by atoms with Crippen LogP contribution in [0.5, 0.6) is 5.75 Å². The average Bonchev–Trinajstić information content (AvgIpc) is 2.79. The Morgan fingerprint density at radius 1 is 0.865 bits per heavy atom. The van der Waals surface area contributed by atoms with Gasteiger partial charge in [0.1, 0.15) is 12.4 Å². The van der Waals surface area contributed by atoms with E-state index in [1.807, 2.05) is 49.5 Å². The Morgan fingerprint density at radius 3 is 1.95 bits per heavy atom. The van der Waals surface area contributed by atoms with Crippen molar-refractivity contribution in [3.8, 4) is 5.75 Å². The highest BCUT2D eigenvalue weighted by atomic mass is 79.9. The highest BCUT2D eigenvalue weighted by Gasteiger charge is 2.49. The third-order valence-corrected chi connectivity index (χ3v) is 8.80. The second kappa shape index (κ2) is 9.53. The lowest BCUT2D eigenvalue weighted by atomic mass is 9.63. The van der Waals surface area contributed by atoms with Gasteiger partial charge in [0.05, 0.1) is 4.47 Å². The molecule has 2 aromatic carbocycles. The van der Waals surface area contributed by atoms with E-state index >= 15 is 0 Å². The molecule has 0 saturated carbocycles. The van der Waals surface area contributed by atoms with Crippen LogP contribution in [0.4, 0.5) is 0 Å². The minimum Gasteiger partial charge on any atom is -0.487 e. The van der Waals surface area contributed by atoms with Crippen LogP contribution in [0.3, 0.4) is 0 Å². The summed E-state index contributed by atoms with van der Waals surface area (Å²) in [4.78, 5) is 29.9. The van der Waals surface area contributed by atoms with Crippen LogP contribution in [0.15, 0.2) is 74.0 Å². The van der Waals surface area contributed by atoms with Crippen LogP contribution in [-0.2, 0) is 16.2 Å². The lowest BCUT2D eigenvalue weighted by Crippen LogP contribution is -2.43. The van der Waals surface area contributed by atoms with Gasteiger partial charge in [-0.1, -0.05) is 74.0 Å². The number of Topliss-reactive ketones (excluding diaryl/α,β-unsaturated/α-hetero) is 2. The molecule has 0 aromatic heterocycles. The molecule has 37 heavy (non-hydrogen) atoms. The highest BCUT2D eigenvalue weighted by molar-refractivity contribution is 9.11. The Labute approximate surface area is 236 Å². The van der Waals surface area contributed by atoms with Gasteiger partial charge in [0.2, 0.25) is 0 Å². The number of halogens is 2. The quantitative estimate of drug-likeness (QED) is 0.344. The number of carbonyl (C=O) groups excluding carboxylic acids is 2. The molecule has 2 aromatic rings. The molecule has 1 heterocycles. The van der Waals surface area contributed by atoms with Gasteiger partial charge in [-0.25, -0.2) is 0 Å². The first-order valence-electron chi connectivity index (χ1n) is 12.8. The Balaban J connectivity index is 1.72. The second-order valence-corrected chi connectivity index (χ2v) is 13.9. The molecule has 0 atom stereocenters. The summed E-state index contributed by atoms with van der Waals surface area (Å²) in [5, 5.41) is 0. The second-order valence-electron chi connectivity index (χ2n) is 12.2. The van der Waals surface area contributed by atoms with Gasteiger partial charge < -0.3 is 9.64 Å². The number of hydrogen-bond acceptors (Lipinski definition) is 4. The summed E-state index contributed by atoms with van der Waals surface area (Å²) >= 11 is 7.39. The number of hydrogen-bond donors (Lipinski definition) is 0. The summed E-state index contributed by atoms with van der Waals surface area (Å²) < 4.78 is 8.12. The van der Waals surface area contributed by atoms with Gasteiger partial charge in [-0.05, 0) is 57.3 Å². The maximum atomic E-state index is 13.9. The number of ketones is 2. The molecule has 4 nitrogen and oxygen atoms in total. The molecular weight excluding hydrogens is 594 g/mol. The largest absolute Gasteiger partial charge is 0.487 e. The van der Waals surface area contributed by atoms with Crippen molar-refractivity contribution >= 4 is 43.4 Å². The predicted octanol–water partition coefficient (Wildman–Crippen LogP) is 8.11. The molecule has 5 rings (SSSR count). The Bertz CT molecular complexity index is 1300. The van der Waals surface area contributed by atoms with E-state index in [0.717, 1.165) is 55.5 Å². The van der Waals surface area contributed by atoms with Crippen LogP contribution in [0.2, 0.25) is 0 Å². The number of rotatable bonds is 4. The van der Waals surface area contributed by atoms with Gasteiger partial charge in [-0.15, -0.1) is 0 Å². The van der Waals surface area contributed by atoms with Crippen molar-refractivity contribution in [2.45, 2.75) is 65.9 Å². The lowest BCUT2D eigenvalue weighted by Gasteiger charge is -2.48. The third kappa shape index (κ3) is 4.99. The summed E-state index contributed by atoms with van der Waals surface area (Å²) in [5.74, 6) is 0.471. The fraction of sp³-hybridized carbons (Fsp3) is 0.419. The first-order valence-corrected chi connectivity index (χ1v) is 14.4. The van der Waals surface area contributed by atoms with E-state index in [1.165, 1.54) is 0 Å². The van der Waals surface area contributed by atoms with Gasteiger partial charge in [-0.2, -0.15) is 0 Å². The van der Waals surface area contributed by atoms with Crippen LogP contribution >= 0.6 is 31.9 Å². The van der Waals surface area contributed by atoms with E-state index in [2.05, 4.69) is 64.5 Å².